The summed E-state index contributed by atoms with van der Waals surface area (Å²) >= 11 is 0. The lowest BCUT2D eigenvalue weighted by atomic mass is 9.94. The largest absolute Gasteiger partial charge is 0.387 e. The van der Waals surface area contributed by atoms with Gasteiger partial charge in [-0.15, -0.1) is 0 Å². The third-order valence-corrected chi connectivity index (χ3v) is 4.63. The van der Waals surface area contributed by atoms with Crippen molar-refractivity contribution in [2.75, 3.05) is 32.7 Å². The second-order valence-corrected chi connectivity index (χ2v) is 6.17. The fourth-order valence-electron chi connectivity index (χ4n) is 3.26. The zero-order valence-corrected chi connectivity index (χ0v) is 11.9. The zero-order valence-electron chi connectivity index (χ0n) is 11.9. The molecule has 104 valence electrons. The smallest absolute Gasteiger partial charge is 0.0957 e. The van der Waals surface area contributed by atoms with Crippen molar-refractivity contribution >= 4 is 0 Å². The van der Waals surface area contributed by atoms with Crippen LogP contribution in [0.4, 0.5) is 0 Å². The van der Waals surface area contributed by atoms with E-state index in [1.54, 1.807) is 0 Å². The van der Waals surface area contributed by atoms with Crippen molar-refractivity contribution in [2.24, 2.45) is 0 Å². The van der Waals surface area contributed by atoms with E-state index >= 15 is 0 Å². The Kier molecular flexibility index (Phi) is 3.61. The highest BCUT2D eigenvalue weighted by atomic mass is 16.3. The molecule has 3 nitrogen and oxygen atoms in total. The molecule has 2 bridgehead atoms. The van der Waals surface area contributed by atoms with Gasteiger partial charge >= 0.3 is 0 Å². The monoisotopic (exact) mass is 260 g/mol. The quantitative estimate of drug-likeness (QED) is 0.898. The van der Waals surface area contributed by atoms with Crippen molar-refractivity contribution < 1.29 is 5.11 Å². The molecule has 0 amide bonds. The lowest BCUT2D eigenvalue weighted by molar-refractivity contribution is -0.0470. The molecule has 0 radical (unpaired) electrons. The molecule has 1 N–H and O–H groups in total. The zero-order chi connectivity index (χ0) is 13.4. The van der Waals surface area contributed by atoms with E-state index in [0.717, 1.165) is 38.3 Å². The predicted molar refractivity (Wildman–Crippen MR) is 77.3 cm³/mol. The Morgan fingerprint density at radius 1 is 1.00 bits per heavy atom. The molecule has 3 aliphatic heterocycles. The number of fused-ring (bicyclic) bond motifs is 3. The highest BCUT2D eigenvalue weighted by Crippen LogP contribution is 2.28. The van der Waals surface area contributed by atoms with Gasteiger partial charge in [-0.25, -0.2) is 0 Å². The molecule has 3 heterocycles. The Labute approximate surface area is 115 Å². The van der Waals surface area contributed by atoms with Gasteiger partial charge in [0, 0.05) is 32.7 Å². The van der Waals surface area contributed by atoms with Gasteiger partial charge in [-0.2, -0.15) is 0 Å². The van der Waals surface area contributed by atoms with Crippen LogP contribution in [0.1, 0.15) is 37.0 Å². The van der Waals surface area contributed by atoms with Crippen LogP contribution >= 0.6 is 0 Å². The maximum absolute atomic E-state index is 10.6. The van der Waals surface area contributed by atoms with Crippen molar-refractivity contribution in [3.8, 4) is 0 Å². The summed E-state index contributed by atoms with van der Waals surface area (Å²) in [5, 5.41) is 10.6. The van der Waals surface area contributed by atoms with Crippen molar-refractivity contribution in [1.29, 1.82) is 0 Å². The highest BCUT2D eigenvalue weighted by molar-refractivity contribution is 5.27. The van der Waals surface area contributed by atoms with E-state index < -0.39 is 0 Å². The second-order valence-electron chi connectivity index (χ2n) is 6.17. The van der Waals surface area contributed by atoms with Gasteiger partial charge in [0.1, 0.15) is 0 Å². The SMILES string of the molecule is CC(C)c1ccc(C(O)C2CN3CCN2CC3)cc1. The molecule has 2 atom stereocenters. The summed E-state index contributed by atoms with van der Waals surface area (Å²) in [6, 6.07) is 8.77. The molecule has 3 fully saturated rings. The lowest BCUT2D eigenvalue weighted by Crippen LogP contribution is -2.62. The van der Waals surface area contributed by atoms with Gasteiger partial charge < -0.3 is 5.11 Å². The average molecular weight is 260 g/mol. The van der Waals surface area contributed by atoms with Crippen molar-refractivity contribution in [3.05, 3.63) is 35.4 Å². The molecular weight excluding hydrogens is 236 g/mol. The summed E-state index contributed by atoms with van der Waals surface area (Å²) in [5.74, 6) is 0.548. The molecule has 19 heavy (non-hydrogen) atoms. The molecule has 0 spiro atoms. The van der Waals surface area contributed by atoms with Gasteiger partial charge in [0.2, 0.25) is 0 Å². The van der Waals surface area contributed by atoms with Crippen LogP contribution in [0.25, 0.3) is 0 Å². The summed E-state index contributed by atoms with van der Waals surface area (Å²) in [4.78, 5) is 4.91. The summed E-state index contributed by atoms with van der Waals surface area (Å²) in [6.45, 7) is 9.94. The molecule has 3 heteroatoms. The maximum atomic E-state index is 10.6. The van der Waals surface area contributed by atoms with Crippen LogP contribution in [0.3, 0.4) is 0 Å². The molecule has 1 aromatic carbocycles. The third-order valence-electron chi connectivity index (χ3n) is 4.63. The van der Waals surface area contributed by atoms with Crippen molar-refractivity contribution in [1.82, 2.24) is 9.80 Å². The molecule has 0 aliphatic carbocycles. The number of benzene rings is 1. The Morgan fingerprint density at radius 2 is 1.58 bits per heavy atom. The first-order chi connectivity index (χ1) is 9.15. The van der Waals surface area contributed by atoms with Crippen LogP contribution in [0.15, 0.2) is 24.3 Å². The molecule has 0 aromatic heterocycles. The van der Waals surface area contributed by atoms with E-state index in [1.165, 1.54) is 5.56 Å². The summed E-state index contributed by atoms with van der Waals surface area (Å²) in [6.07, 6.45) is -0.357. The molecule has 1 aromatic rings. The summed E-state index contributed by atoms with van der Waals surface area (Å²) in [5.41, 5.74) is 2.40. The van der Waals surface area contributed by atoms with Crippen LogP contribution < -0.4 is 0 Å². The van der Waals surface area contributed by atoms with Crippen molar-refractivity contribution in [2.45, 2.75) is 31.9 Å². The topological polar surface area (TPSA) is 26.7 Å². The minimum absolute atomic E-state index is 0.271. The minimum Gasteiger partial charge on any atom is -0.387 e. The molecular formula is C16H24N2O. The van der Waals surface area contributed by atoms with E-state index in [4.69, 9.17) is 0 Å². The number of hydrogen-bond donors (Lipinski definition) is 1. The number of aliphatic hydroxyl groups is 1. The van der Waals surface area contributed by atoms with Gasteiger partial charge in [0.25, 0.3) is 0 Å². The first kappa shape index (κ1) is 13.1. The Hall–Kier alpha value is -0.900. The second kappa shape index (κ2) is 5.23. The Balaban J connectivity index is 1.74. The molecule has 3 aliphatic rings. The first-order valence-electron chi connectivity index (χ1n) is 7.39. The summed E-state index contributed by atoms with van der Waals surface area (Å²) < 4.78 is 0. The van der Waals surface area contributed by atoms with E-state index in [-0.39, 0.29) is 12.1 Å². The van der Waals surface area contributed by atoms with E-state index in [2.05, 4.69) is 47.9 Å². The number of rotatable bonds is 3. The van der Waals surface area contributed by atoms with E-state index in [0.29, 0.717) is 5.92 Å². The van der Waals surface area contributed by atoms with E-state index in [1.807, 2.05) is 0 Å². The molecule has 0 saturated carbocycles. The fraction of sp³-hybridized carbons (Fsp3) is 0.625. The van der Waals surface area contributed by atoms with Crippen molar-refractivity contribution in [3.63, 3.8) is 0 Å². The highest BCUT2D eigenvalue weighted by Gasteiger charge is 2.36. The van der Waals surface area contributed by atoms with Gasteiger partial charge in [-0.05, 0) is 17.0 Å². The molecule has 2 unspecified atom stereocenters. The number of hydrogen-bond acceptors (Lipinski definition) is 3. The molecule has 4 rings (SSSR count). The number of aliphatic hydroxyl groups excluding tert-OH is 1. The van der Waals surface area contributed by atoms with Crippen LogP contribution in [-0.4, -0.2) is 53.7 Å². The van der Waals surface area contributed by atoms with Gasteiger partial charge in [0.15, 0.2) is 0 Å². The van der Waals surface area contributed by atoms with Gasteiger partial charge in [0.05, 0.1) is 12.1 Å². The molecule has 3 saturated heterocycles. The first-order valence-corrected chi connectivity index (χ1v) is 7.39. The van der Waals surface area contributed by atoms with E-state index in [9.17, 15) is 5.11 Å². The Bertz CT molecular complexity index is 421. The third kappa shape index (κ3) is 2.55. The lowest BCUT2D eigenvalue weighted by Gasteiger charge is -2.49. The predicted octanol–water partition coefficient (Wildman–Crippen LogP) is 1.84. The van der Waals surface area contributed by atoms with Crippen LogP contribution in [-0.2, 0) is 0 Å². The van der Waals surface area contributed by atoms with Crippen LogP contribution in [0.5, 0.6) is 0 Å². The maximum Gasteiger partial charge on any atom is 0.0957 e. The normalized spacial score (nSPS) is 31.7. The summed E-state index contributed by atoms with van der Waals surface area (Å²) in [7, 11) is 0. The number of nitrogens with zero attached hydrogens (tertiary/aromatic N) is 2. The van der Waals surface area contributed by atoms with Crippen LogP contribution in [0, 0.1) is 0 Å². The Morgan fingerprint density at radius 3 is 2.05 bits per heavy atom. The van der Waals surface area contributed by atoms with Gasteiger partial charge in [-0.1, -0.05) is 38.1 Å². The average Bonchev–Trinajstić information content (AvgIpc) is 2.47. The standard InChI is InChI=1S/C16H24N2O/c1-12(2)13-3-5-14(6-4-13)16(19)15-11-17-7-9-18(15)10-8-17/h3-6,12,15-16,19H,7-11H2,1-2H3. The van der Waals surface area contributed by atoms with Crippen LogP contribution in [0.2, 0.25) is 0 Å². The van der Waals surface area contributed by atoms with Gasteiger partial charge in [-0.3, -0.25) is 9.80 Å². The minimum atomic E-state index is -0.357. The number of piperazine rings is 3. The fourth-order valence-corrected chi connectivity index (χ4v) is 3.26.